The minimum Gasteiger partial charge on any atom is -0.315 e. The fraction of sp³-hybridized carbons (Fsp3) is 0.733. The van der Waals surface area contributed by atoms with Crippen LogP contribution in [0.2, 0.25) is 0 Å². The topological polar surface area (TPSA) is 15.3 Å². The number of likely N-dealkylation sites (tertiary alicyclic amines) is 1. The van der Waals surface area contributed by atoms with Gasteiger partial charge in [-0.05, 0) is 63.2 Å². The summed E-state index contributed by atoms with van der Waals surface area (Å²) in [6.45, 7) is 6.23. The summed E-state index contributed by atoms with van der Waals surface area (Å²) >= 11 is 1.88. The SMILES string of the molecule is c1csc(CCCCNCCN2CCCCC2)c1. The standard InChI is InChI=1S/C15H26N2S/c1-4-11-17(12-5-1)13-10-16-9-3-2-7-15-8-6-14-18-15/h6,8,14,16H,1-5,7,9-13H2. The van der Waals surface area contributed by atoms with Gasteiger partial charge in [-0.2, -0.15) is 0 Å². The third-order valence-electron chi connectivity index (χ3n) is 3.66. The van der Waals surface area contributed by atoms with E-state index in [1.54, 1.807) is 0 Å². The van der Waals surface area contributed by atoms with Crippen LogP contribution in [0.25, 0.3) is 0 Å². The normalized spacial score (nSPS) is 17.1. The summed E-state index contributed by atoms with van der Waals surface area (Å²) in [7, 11) is 0. The van der Waals surface area contributed by atoms with Gasteiger partial charge in [-0.1, -0.05) is 12.5 Å². The first-order valence-electron chi connectivity index (χ1n) is 7.40. The van der Waals surface area contributed by atoms with Crippen LogP contribution in [0.15, 0.2) is 17.5 Å². The third-order valence-corrected chi connectivity index (χ3v) is 4.60. The van der Waals surface area contributed by atoms with Crippen LogP contribution < -0.4 is 5.32 Å². The van der Waals surface area contributed by atoms with Crippen molar-refractivity contribution in [1.29, 1.82) is 0 Å². The second-order valence-corrected chi connectivity index (χ2v) is 6.22. The molecule has 1 saturated heterocycles. The van der Waals surface area contributed by atoms with E-state index >= 15 is 0 Å². The quantitative estimate of drug-likeness (QED) is 0.727. The summed E-state index contributed by atoms with van der Waals surface area (Å²) in [5.74, 6) is 0. The molecule has 1 aliphatic rings. The van der Waals surface area contributed by atoms with Gasteiger partial charge in [0.1, 0.15) is 0 Å². The Morgan fingerprint density at radius 3 is 2.78 bits per heavy atom. The summed E-state index contributed by atoms with van der Waals surface area (Å²) in [5.41, 5.74) is 0. The van der Waals surface area contributed by atoms with E-state index in [1.807, 2.05) is 11.3 Å². The number of rotatable bonds is 8. The van der Waals surface area contributed by atoms with E-state index in [9.17, 15) is 0 Å². The number of unbranched alkanes of at least 4 members (excludes halogenated alkanes) is 1. The molecule has 1 N–H and O–H groups in total. The Balaban J connectivity index is 1.39. The molecule has 102 valence electrons. The van der Waals surface area contributed by atoms with Crippen LogP contribution in [-0.4, -0.2) is 37.6 Å². The van der Waals surface area contributed by atoms with E-state index in [1.165, 1.54) is 76.1 Å². The molecule has 0 radical (unpaired) electrons. The van der Waals surface area contributed by atoms with Crippen molar-refractivity contribution < 1.29 is 0 Å². The zero-order valence-electron chi connectivity index (χ0n) is 11.4. The van der Waals surface area contributed by atoms with Crippen molar-refractivity contribution in [3.8, 4) is 0 Å². The van der Waals surface area contributed by atoms with E-state index in [-0.39, 0.29) is 0 Å². The molecule has 2 nitrogen and oxygen atoms in total. The van der Waals surface area contributed by atoms with E-state index in [0.29, 0.717) is 0 Å². The zero-order valence-corrected chi connectivity index (χ0v) is 12.2. The van der Waals surface area contributed by atoms with E-state index in [2.05, 4.69) is 27.7 Å². The largest absolute Gasteiger partial charge is 0.315 e. The second kappa shape index (κ2) is 8.68. The zero-order chi connectivity index (χ0) is 12.5. The van der Waals surface area contributed by atoms with Crippen LogP contribution in [0.3, 0.4) is 0 Å². The van der Waals surface area contributed by atoms with Gasteiger partial charge in [-0.3, -0.25) is 0 Å². The van der Waals surface area contributed by atoms with Crippen molar-refractivity contribution in [2.45, 2.75) is 38.5 Å². The molecule has 0 amide bonds. The summed E-state index contributed by atoms with van der Waals surface area (Å²) in [6.07, 6.45) is 8.12. The van der Waals surface area contributed by atoms with E-state index in [4.69, 9.17) is 0 Å². The van der Waals surface area contributed by atoms with Gasteiger partial charge >= 0.3 is 0 Å². The number of hydrogen-bond acceptors (Lipinski definition) is 3. The van der Waals surface area contributed by atoms with Crippen LogP contribution in [0, 0.1) is 0 Å². The predicted molar refractivity (Wildman–Crippen MR) is 80.4 cm³/mol. The van der Waals surface area contributed by atoms with Crippen molar-refractivity contribution in [2.24, 2.45) is 0 Å². The van der Waals surface area contributed by atoms with Gasteiger partial charge < -0.3 is 10.2 Å². The van der Waals surface area contributed by atoms with Crippen LogP contribution in [0.4, 0.5) is 0 Å². The lowest BCUT2D eigenvalue weighted by molar-refractivity contribution is 0.229. The Hall–Kier alpha value is -0.380. The Bertz CT molecular complexity index is 291. The van der Waals surface area contributed by atoms with Gasteiger partial charge in [-0.25, -0.2) is 0 Å². The van der Waals surface area contributed by atoms with Crippen molar-refractivity contribution in [3.63, 3.8) is 0 Å². The highest BCUT2D eigenvalue weighted by atomic mass is 32.1. The highest BCUT2D eigenvalue weighted by Gasteiger charge is 2.08. The smallest absolute Gasteiger partial charge is 0.0107 e. The predicted octanol–water partition coefficient (Wildman–Crippen LogP) is 3.15. The Kier molecular flexibility index (Phi) is 6.77. The van der Waals surface area contributed by atoms with E-state index < -0.39 is 0 Å². The maximum absolute atomic E-state index is 3.57. The Morgan fingerprint density at radius 2 is 2.00 bits per heavy atom. The maximum Gasteiger partial charge on any atom is 0.0107 e. The molecule has 1 aromatic heterocycles. The molecule has 1 fully saturated rings. The van der Waals surface area contributed by atoms with Crippen LogP contribution in [-0.2, 0) is 6.42 Å². The summed E-state index contributed by atoms with van der Waals surface area (Å²) in [4.78, 5) is 4.13. The summed E-state index contributed by atoms with van der Waals surface area (Å²) in [6, 6.07) is 4.39. The average Bonchev–Trinajstić information content (AvgIpc) is 2.92. The monoisotopic (exact) mass is 266 g/mol. The molecule has 18 heavy (non-hydrogen) atoms. The average molecular weight is 266 g/mol. The van der Waals surface area contributed by atoms with Crippen molar-refractivity contribution in [1.82, 2.24) is 10.2 Å². The van der Waals surface area contributed by atoms with Crippen LogP contribution in [0.1, 0.15) is 37.0 Å². The van der Waals surface area contributed by atoms with Gasteiger partial charge in [0.05, 0.1) is 0 Å². The van der Waals surface area contributed by atoms with Crippen molar-refractivity contribution >= 4 is 11.3 Å². The molecule has 1 aliphatic heterocycles. The molecular formula is C15H26N2S. The lowest BCUT2D eigenvalue weighted by atomic mass is 10.1. The first-order chi connectivity index (χ1) is 8.95. The molecule has 3 heteroatoms. The number of hydrogen-bond donors (Lipinski definition) is 1. The van der Waals surface area contributed by atoms with Gasteiger partial charge in [0.15, 0.2) is 0 Å². The highest BCUT2D eigenvalue weighted by Crippen LogP contribution is 2.11. The molecule has 0 bridgehead atoms. The van der Waals surface area contributed by atoms with Crippen molar-refractivity contribution in [3.05, 3.63) is 22.4 Å². The van der Waals surface area contributed by atoms with Crippen LogP contribution in [0.5, 0.6) is 0 Å². The van der Waals surface area contributed by atoms with E-state index in [0.717, 1.165) is 0 Å². The first-order valence-corrected chi connectivity index (χ1v) is 8.28. The molecule has 0 unspecified atom stereocenters. The fourth-order valence-electron chi connectivity index (χ4n) is 2.55. The molecule has 0 aromatic carbocycles. The van der Waals surface area contributed by atoms with Gasteiger partial charge in [0, 0.05) is 18.0 Å². The number of aryl methyl sites for hydroxylation is 1. The minimum absolute atomic E-state index is 1.17. The van der Waals surface area contributed by atoms with Gasteiger partial charge in [-0.15, -0.1) is 11.3 Å². The Morgan fingerprint density at radius 1 is 1.11 bits per heavy atom. The molecule has 0 aliphatic carbocycles. The molecule has 2 heterocycles. The highest BCUT2D eigenvalue weighted by molar-refractivity contribution is 7.09. The fourth-order valence-corrected chi connectivity index (χ4v) is 3.30. The summed E-state index contributed by atoms with van der Waals surface area (Å²) < 4.78 is 0. The molecular weight excluding hydrogens is 240 g/mol. The lowest BCUT2D eigenvalue weighted by Crippen LogP contribution is -2.36. The second-order valence-electron chi connectivity index (χ2n) is 5.19. The number of nitrogens with zero attached hydrogens (tertiary/aromatic N) is 1. The third kappa shape index (κ3) is 5.51. The van der Waals surface area contributed by atoms with Crippen LogP contribution >= 0.6 is 11.3 Å². The number of thiophene rings is 1. The maximum atomic E-state index is 3.57. The first kappa shape index (κ1) is 14.0. The minimum atomic E-state index is 1.17. The number of piperidine rings is 1. The number of nitrogens with one attached hydrogen (secondary N) is 1. The molecule has 0 saturated carbocycles. The van der Waals surface area contributed by atoms with Crippen molar-refractivity contribution in [2.75, 3.05) is 32.7 Å². The molecule has 2 rings (SSSR count). The van der Waals surface area contributed by atoms with Gasteiger partial charge in [0.25, 0.3) is 0 Å². The summed E-state index contributed by atoms with van der Waals surface area (Å²) in [5, 5.41) is 5.75. The molecule has 0 spiro atoms. The van der Waals surface area contributed by atoms with Gasteiger partial charge in [0.2, 0.25) is 0 Å². The lowest BCUT2D eigenvalue weighted by Gasteiger charge is -2.26. The molecule has 0 atom stereocenters. The Labute approximate surface area is 115 Å². The molecule has 1 aromatic rings.